The van der Waals surface area contributed by atoms with Crippen LogP contribution in [0.25, 0.3) is 0 Å². The van der Waals surface area contributed by atoms with Crippen molar-refractivity contribution in [1.29, 1.82) is 0 Å². The highest BCUT2D eigenvalue weighted by molar-refractivity contribution is 6.31. The van der Waals surface area contributed by atoms with Crippen LogP contribution in [0.1, 0.15) is 12.5 Å². The molecule has 0 aromatic heterocycles. The highest BCUT2D eigenvalue weighted by atomic mass is 35.5. The zero-order chi connectivity index (χ0) is 10.4. The van der Waals surface area contributed by atoms with Crippen LogP contribution in [0.5, 0.6) is 0 Å². The van der Waals surface area contributed by atoms with Gasteiger partial charge in [-0.05, 0) is 17.5 Å². The lowest BCUT2D eigenvalue weighted by molar-refractivity contribution is 0.233. The Morgan fingerprint density at radius 1 is 1.43 bits per heavy atom. The maximum Gasteiger partial charge on any atom is 0.0468 e. The average Bonchev–Trinajstić information content (AvgIpc) is 2.20. The summed E-state index contributed by atoms with van der Waals surface area (Å²) in [6, 6.07) is 7.77. The predicted molar refractivity (Wildman–Crippen MR) is 59.4 cm³/mol. The third-order valence-corrected chi connectivity index (χ3v) is 2.45. The van der Waals surface area contributed by atoms with Gasteiger partial charge in [-0.15, -0.1) is 0 Å². The van der Waals surface area contributed by atoms with E-state index in [1.807, 2.05) is 31.2 Å². The number of hydrogen-bond acceptors (Lipinski definition) is 2. The van der Waals surface area contributed by atoms with Crippen LogP contribution in [0.4, 0.5) is 0 Å². The van der Waals surface area contributed by atoms with Crippen LogP contribution in [0, 0.1) is 5.92 Å². The minimum atomic E-state index is 0.218. The normalized spacial score (nSPS) is 12.8. The van der Waals surface area contributed by atoms with Gasteiger partial charge in [0.1, 0.15) is 0 Å². The zero-order valence-electron chi connectivity index (χ0n) is 8.33. The second kappa shape index (κ2) is 6.02. The quantitative estimate of drug-likeness (QED) is 0.785. The van der Waals surface area contributed by atoms with Gasteiger partial charge in [0, 0.05) is 24.7 Å². The molecule has 1 unspecified atom stereocenters. The molecule has 0 amide bonds. The highest BCUT2D eigenvalue weighted by Gasteiger charge is 2.01. The van der Waals surface area contributed by atoms with Crippen LogP contribution < -0.4 is 5.32 Å². The molecule has 78 valence electrons. The van der Waals surface area contributed by atoms with Crippen molar-refractivity contribution in [3.63, 3.8) is 0 Å². The van der Waals surface area contributed by atoms with Crippen molar-refractivity contribution < 1.29 is 5.11 Å². The zero-order valence-corrected chi connectivity index (χ0v) is 9.09. The Morgan fingerprint density at radius 3 is 2.79 bits per heavy atom. The third-order valence-electron chi connectivity index (χ3n) is 2.08. The lowest BCUT2D eigenvalue weighted by atomic mass is 10.2. The van der Waals surface area contributed by atoms with E-state index < -0.39 is 0 Å². The van der Waals surface area contributed by atoms with Gasteiger partial charge in [0.2, 0.25) is 0 Å². The van der Waals surface area contributed by atoms with E-state index in [4.69, 9.17) is 16.7 Å². The molecular formula is C11H16ClNO. The molecule has 0 saturated carbocycles. The van der Waals surface area contributed by atoms with Crippen LogP contribution in [-0.4, -0.2) is 18.3 Å². The van der Waals surface area contributed by atoms with Crippen molar-refractivity contribution in [3.8, 4) is 0 Å². The highest BCUT2D eigenvalue weighted by Crippen LogP contribution is 2.14. The molecule has 0 bridgehead atoms. The molecule has 0 spiro atoms. The molecule has 0 aliphatic heterocycles. The summed E-state index contributed by atoms with van der Waals surface area (Å²) in [6.45, 7) is 3.78. The van der Waals surface area contributed by atoms with Gasteiger partial charge in [0.05, 0.1) is 0 Å². The number of aliphatic hydroxyl groups excluding tert-OH is 1. The van der Waals surface area contributed by atoms with Gasteiger partial charge in [0.15, 0.2) is 0 Å². The first kappa shape index (κ1) is 11.5. The first-order chi connectivity index (χ1) is 6.74. The topological polar surface area (TPSA) is 32.3 Å². The van der Waals surface area contributed by atoms with Crippen LogP contribution in [0.2, 0.25) is 5.02 Å². The average molecular weight is 214 g/mol. The van der Waals surface area contributed by atoms with Gasteiger partial charge in [-0.1, -0.05) is 36.7 Å². The molecule has 1 atom stereocenters. The summed E-state index contributed by atoms with van der Waals surface area (Å²) in [5.74, 6) is 0.289. The number of benzene rings is 1. The smallest absolute Gasteiger partial charge is 0.0468 e. The van der Waals surface area contributed by atoms with Crippen LogP contribution >= 0.6 is 11.6 Å². The second-order valence-corrected chi connectivity index (χ2v) is 3.92. The fourth-order valence-corrected chi connectivity index (χ4v) is 1.36. The van der Waals surface area contributed by atoms with Gasteiger partial charge < -0.3 is 10.4 Å². The van der Waals surface area contributed by atoms with E-state index in [1.165, 1.54) is 0 Å². The maximum atomic E-state index is 8.82. The summed E-state index contributed by atoms with van der Waals surface area (Å²) >= 11 is 5.98. The van der Waals surface area contributed by atoms with Gasteiger partial charge in [0.25, 0.3) is 0 Å². The van der Waals surface area contributed by atoms with E-state index in [-0.39, 0.29) is 12.5 Å². The van der Waals surface area contributed by atoms with E-state index >= 15 is 0 Å². The lowest BCUT2D eigenvalue weighted by Gasteiger charge is -2.10. The molecule has 0 radical (unpaired) electrons. The number of rotatable bonds is 5. The Balaban J connectivity index is 2.35. The Hall–Kier alpha value is -0.570. The molecule has 0 heterocycles. The summed E-state index contributed by atoms with van der Waals surface area (Å²) < 4.78 is 0. The van der Waals surface area contributed by atoms with Gasteiger partial charge in [-0.25, -0.2) is 0 Å². The van der Waals surface area contributed by atoms with E-state index in [0.717, 1.165) is 23.7 Å². The summed E-state index contributed by atoms with van der Waals surface area (Å²) in [6.07, 6.45) is 0. The van der Waals surface area contributed by atoms with Crippen molar-refractivity contribution in [2.24, 2.45) is 5.92 Å². The fraction of sp³-hybridized carbons (Fsp3) is 0.455. The van der Waals surface area contributed by atoms with Crippen LogP contribution in [0.3, 0.4) is 0 Å². The van der Waals surface area contributed by atoms with Gasteiger partial charge in [-0.3, -0.25) is 0 Å². The largest absolute Gasteiger partial charge is 0.396 e. The first-order valence-electron chi connectivity index (χ1n) is 4.79. The molecule has 0 saturated heterocycles. The minimum Gasteiger partial charge on any atom is -0.396 e. The van der Waals surface area contributed by atoms with Crippen molar-refractivity contribution in [1.82, 2.24) is 5.32 Å². The molecule has 2 nitrogen and oxygen atoms in total. The van der Waals surface area contributed by atoms with Crippen molar-refractivity contribution >= 4 is 11.6 Å². The van der Waals surface area contributed by atoms with Crippen molar-refractivity contribution in [2.75, 3.05) is 13.2 Å². The molecule has 0 aliphatic rings. The molecule has 2 N–H and O–H groups in total. The number of aliphatic hydroxyl groups is 1. The Kier molecular flexibility index (Phi) is 4.94. The molecule has 0 aliphatic carbocycles. The number of halogens is 1. The minimum absolute atomic E-state index is 0.218. The SMILES string of the molecule is CC(CO)CNCc1ccccc1Cl. The van der Waals surface area contributed by atoms with E-state index in [2.05, 4.69) is 5.32 Å². The third kappa shape index (κ3) is 3.66. The Labute approximate surface area is 89.9 Å². The van der Waals surface area contributed by atoms with E-state index in [1.54, 1.807) is 0 Å². The first-order valence-corrected chi connectivity index (χ1v) is 5.17. The van der Waals surface area contributed by atoms with E-state index in [0.29, 0.717) is 0 Å². The second-order valence-electron chi connectivity index (χ2n) is 3.51. The standard InChI is InChI=1S/C11H16ClNO/c1-9(8-14)6-13-7-10-4-2-3-5-11(10)12/h2-5,9,13-14H,6-8H2,1H3. The van der Waals surface area contributed by atoms with Gasteiger partial charge >= 0.3 is 0 Å². The van der Waals surface area contributed by atoms with E-state index in [9.17, 15) is 0 Å². The lowest BCUT2D eigenvalue weighted by Crippen LogP contribution is -2.22. The monoisotopic (exact) mass is 213 g/mol. The molecule has 1 aromatic carbocycles. The molecular weight excluding hydrogens is 198 g/mol. The molecule has 14 heavy (non-hydrogen) atoms. The van der Waals surface area contributed by atoms with Gasteiger partial charge in [-0.2, -0.15) is 0 Å². The summed E-state index contributed by atoms with van der Waals surface area (Å²) in [4.78, 5) is 0. The van der Waals surface area contributed by atoms with Crippen molar-refractivity contribution in [2.45, 2.75) is 13.5 Å². The molecule has 3 heteroatoms. The summed E-state index contributed by atoms with van der Waals surface area (Å²) in [5, 5.41) is 12.9. The summed E-state index contributed by atoms with van der Waals surface area (Å²) in [7, 11) is 0. The number of nitrogens with one attached hydrogen (secondary N) is 1. The van der Waals surface area contributed by atoms with Crippen LogP contribution in [0.15, 0.2) is 24.3 Å². The fourth-order valence-electron chi connectivity index (χ4n) is 1.16. The predicted octanol–water partition coefficient (Wildman–Crippen LogP) is 2.06. The number of hydrogen-bond donors (Lipinski definition) is 2. The van der Waals surface area contributed by atoms with Crippen molar-refractivity contribution in [3.05, 3.63) is 34.9 Å². The summed E-state index contributed by atoms with van der Waals surface area (Å²) in [5.41, 5.74) is 1.10. The molecule has 1 rings (SSSR count). The Morgan fingerprint density at radius 2 is 2.14 bits per heavy atom. The Bertz CT molecular complexity index is 278. The molecule has 0 fully saturated rings. The molecule has 1 aromatic rings. The van der Waals surface area contributed by atoms with Crippen LogP contribution in [-0.2, 0) is 6.54 Å². The maximum absolute atomic E-state index is 8.82.